The predicted molar refractivity (Wildman–Crippen MR) is 128 cm³/mol. The van der Waals surface area contributed by atoms with Gasteiger partial charge in [-0.1, -0.05) is 67.8 Å². The van der Waals surface area contributed by atoms with Gasteiger partial charge in [-0.25, -0.2) is 4.79 Å². The van der Waals surface area contributed by atoms with Crippen molar-refractivity contribution < 1.29 is 14.4 Å². The molecule has 6 heteroatoms. The van der Waals surface area contributed by atoms with Crippen molar-refractivity contribution in [2.75, 3.05) is 13.1 Å². The number of amides is 4. The third-order valence-electron chi connectivity index (χ3n) is 7.22. The molecule has 0 bridgehead atoms. The van der Waals surface area contributed by atoms with Crippen molar-refractivity contribution in [3.63, 3.8) is 0 Å². The molecule has 2 aliphatic rings. The van der Waals surface area contributed by atoms with Gasteiger partial charge in [0.2, 0.25) is 5.91 Å². The molecule has 2 aromatic carbocycles. The number of nitrogens with one attached hydrogen (secondary N) is 1. The summed E-state index contributed by atoms with van der Waals surface area (Å²) in [5, 5.41) is 2.96. The Hall–Kier alpha value is -3.15. The molecule has 2 fully saturated rings. The SMILES string of the molecule is CCN(C(=O)CN1C(=O)N[C@](c2ccccc2)(c2ccc(C)c(C)c2)C1=O)C1CCCCC1. The monoisotopic (exact) mass is 447 g/mol. The Bertz CT molecular complexity index is 1050. The standard InChI is InChI=1S/C27H33N3O3/c1-4-29(23-13-9-6-10-14-23)24(31)18-30-25(32)27(28-26(30)33,21-11-7-5-8-12-21)22-16-15-19(2)20(3)17-22/h5,7-8,11-12,15-17,23H,4,6,9-10,13-14,18H2,1-3H3,(H,28,33)/t27-/m1/s1. The molecule has 1 N–H and O–H groups in total. The molecule has 1 saturated heterocycles. The molecule has 0 spiro atoms. The topological polar surface area (TPSA) is 69.7 Å². The van der Waals surface area contributed by atoms with E-state index in [2.05, 4.69) is 5.32 Å². The van der Waals surface area contributed by atoms with Crippen molar-refractivity contribution in [3.05, 3.63) is 70.8 Å². The van der Waals surface area contributed by atoms with Gasteiger partial charge >= 0.3 is 6.03 Å². The largest absolute Gasteiger partial charge is 0.338 e. The lowest BCUT2D eigenvalue weighted by atomic mass is 9.81. The fourth-order valence-corrected chi connectivity index (χ4v) is 5.20. The van der Waals surface area contributed by atoms with Crippen LogP contribution in [0.15, 0.2) is 48.5 Å². The quantitative estimate of drug-likeness (QED) is 0.672. The van der Waals surface area contributed by atoms with Gasteiger partial charge in [-0.2, -0.15) is 0 Å². The average Bonchev–Trinajstić information content (AvgIpc) is 3.08. The first-order valence-corrected chi connectivity index (χ1v) is 11.9. The van der Waals surface area contributed by atoms with E-state index in [-0.39, 0.29) is 18.5 Å². The fourth-order valence-electron chi connectivity index (χ4n) is 5.20. The number of carbonyl (C=O) groups excluding carboxylic acids is 3. The van der Waals surface area contributed by atoms with E-state index in [9.17, 15) is 14.4 Å². The smallest absolute Gasteiger partial charge is 0.326 e. The maximum absolute atomic E-state index is 13.9. The van der Waals surface area contributed by atoms with E-state index in [0.717, 1.165) is 41.7 Å². The molecule has 1 aliphatic carbocycles. The Morgan fingerprint density at radius 2 is 1.70 bits per heavy atom. The highest BCUT2D eigenvalue weighted by atomic mass is 16.2. The number of imide groups is 1. The van der Waals surface area contributed by atoms with Gasteiger partial charge < -0.3 is 10.2 Å². The number of carbonyl (C=O) groups is 3. The van der Waals surface area contributed by atoms with Gasteiger partial charge in [0.1, 0.15) is 6.54 Å². The highest BCUT2D eigenvalue weighted by Crippen LogP contribution is 2.37. The zero-order valence-corrected chi connectivity index (χ0v) is 19.8. The fraction of sp³-hybridized carbons (Fsp3) is 0.444. The average molecular weight is 448 g/mol. The summed E-state index contributed by atoms with van der Waals surface area (Å²) in [7, 11) is 0. The van der Waals surface area contributed by atoms with Crippen LogP contribution in [-0.2, 0) is 15.1 Å². The summed E-state index contributed by atoms with van der Waals surface area (Å²) >= 11 is 0. The van der Waals surface area contributed by atoms with Crippen molar-refractivity contribution in [1.29, 1.82) is 0 Å². The normalized spacial score (nSPS) is 21.2. The van der Waals surface area contributed by atoms with Crippen molar-refractivity contribution >= 4 is 17.8 Å². The van der Waals surface area contributed by atoms with Crippen LogP contribution >= 0.6 is 0 Å². The number of hydrogen-bond acceptors (Lipinski definition) is 3. The van der Waals surface area contributed by atoms with Crippen LogP contribution in [0.25, 0.3) is 0 Å². The second-order valence-electron chi connectivity index (χ2n) is 9.21. The molecule has 1 atom stereocenters. The number of nitrogens with zero attached hydrogens (tertiary/aromatic N) is 2. The van der Waals surface area contributed by atoms with Gasteiger partial charge in [-0.05, 0) is 55.9 Å². The maximum Gasteiger partial charge on any atom is 0.326 e. The molecule has 0 unspecified atom stereocenters. The van der Waals surface area contributed by atoms with E-state index in [1.165, 1.54) is 6.42 Å². The van der Waals surface area contributed by atoms with Crippen LogP contribution in [0.2, 0.25) is 0 Å². The van der Waals surface area contributed by atoms with E-state index in [4.69, 9.17) is 0 Å². The number of likely N-dealkylation sites (N-methyl/N-ethyl adjacent to an activating group) is 1. The molecule has 174 valence electrons. The number of rotatable bonds is 6. The number of hydrogen-bond donors (Lipinski definition) is 1. The third-order valence-corrected chi connectivity index (χ3v) is 7.22. The predicted octanol–water partition coefficient (Wildman–Crippen LogP) is 4.28. The molecule has 2 aromatic rings. The maximum atomic E-state index is 13.9. The number of aryl methyl sites for hydroxylation is 2. The lowest BCUT2D eigenvalue weighted by Gasteiger charge is -2.34. The molecule has 1 aliphatic heterocycles. The highest BCUT2D eigenvalue weighted by molar-refractivity contribution is 6.11. The molecule has 0 radical (unpaired) electrons. The Balaban J connectivity index is 1.68. The molecule has 1 heterocycles. The Morgan fingerprint density at radius 3 is 2.33 bits per heavy atom. The Kier molecular flexibility index (Phi) is 6.54. The van der Waals surface area contributed by atoms with E-state index in [1.54, 1.807) is 0 Å². The van der Waals surface area contributed by atoms with E-state index in [0.29, 0.717) is 17.7 Å². The summed E-state index contributed by atoms with van der Waals surface area (Å²) in [4.78, 5) is 43.3. The molecule has 6 nitrogen and oxygen atoms in total. The second-order valence-corrected chi connectivity index (χ2v) is 9.21. The van der Waals surface area contributed by atoms with Gasteiger partial charge in [0.05, 0.1) is 0 Å². The van der Waals surface area contributed by atoms with Crippen LogP contribution in [0.1, 0.15) is 61.3 Å². The van der Waals surface area contributed by atoms with Crippen LogP contribution in [0.3, 0.4) is 0 Å². The van der Waals surface area contributed by atoms with Gasteiger partial charge in [0.15, 0.2) is 5.54 Å². The molecule has 4 rings (SSSR count). The minimum absolute atomic E-state index is 0.170. The van der Waals surface area contributed by atoms with Crippen molar-refractivity contribution in [2.24, 2.45) is 0 Å². The van der Waals surface area contributed by atoms with Gasteiger partial charge in [0, 0.05) is 12.6 Å². The zero-order valence-electron chi connectivity index (χ0n) is 19.8. The summed E-state index contributed by atoms with van der Waals surface area (Å²) in [5.74, 6) is -0.577. The first kappa shape index (κ1) is 23.0. The summed E-state index contributed by atoms with van der Waals surface area (Å²) in [6, 6.07) is 14.7. The lowest BCUT2D eigenvalue weighted by molar-refractivity contribution is -0.140. The molecule has 4 amide bonds. The molecule has 1 saturated carbocycles. The second kappa shape index (κ2) is 9.38. The molecule has 0 aromatic heterocycles. The van der Waals surface area contributed by atoms with E-state index >= 15 is 0 Å². The molecular formula is C27H33N3O3. The summed E-state index contributed by atoms with van der Waals surface area (Å²) in [5.41, 5.74) is 2.18. The third kappa shape index (κ3) is 4.14. The summed E-state index contributed by atoms with van der Waals surface area (Å²) < 4.78 is 0. The molecule has 33 heavy (non-hydrogen) atoms. The number of benzene rings is 2. The Morgan fingerprint density at radius 1 is 1.00 bits per heavy atom. The van der Waals surface area contributed by atoms with Gasteiger partial charge in [0.25, 0.3) is 5.91 Å². The summed E-state index contributed by atoms with van der Waals surface area (Å²) in [6.07, 6.45) is 5.39. The minimum Gasteiger partial charge on any atom is -0.338 e. The highest BCUT2D eigenvalue weighted by Gasteiger charge is 2.54. The van der Waals surface area contributed by atoms with Gasteiger partial charge in [-0.3, -0.25) is 14.5 Å². The van der Waals surface area contributed by atoms with Crippen LogP contribution in [-0.4, -0.2) is 46.8 Å². The van der Waals surface area contributed by atoms with Crippen molar-refractivity contribution in [1.82, 2.24) is 15.1 Å². The zero-order chi connectivity index (χ0) is 23.6. The first-order valence-electron chi connectivity index (χ1n) is 11.9. The van der Waals surface area contributed by atoms with Gasteiger partial charge in [-0.15, -0.1) is 0 Å². The lowest BCUT2D eigenvalue weighted by Crippen LogP contribution is -2.49. The Labute approximate surface area is 196 Å². The van der Waals surface area contributed by atoms with Crippen LogP contribution in [0, 0.1) is 13.8 Å². The first-order chi connectivity index (χ1) is 15.9. The minimum atomic E-state index is -1.35. The van der Waals surface area contributed by atoms with Crippen molar-refractivity contribution in [2.45, 2.75) is 64.5 Å². The number of urea groups is 1. The summed E-state index contributed by atoms with van der Waals surface area (Å²) in [6.45, 7) is 6.30. The van der Waals surface area contributed by atoms with E-state index < -0.39 is 17.5 Å². The molecular weight excluding hydrogens is 414 g/mol. The van der Waals surface area contributed by atoms with Crippen LogP contribution in [0.5, 0.6) is 0 Å². The van der Waals surface area contributed by atoms with Crippen LogP contribution < -0.4 is 5.32 Å². The van der Waals surface area contributed by atoms with Crippen molar-refractivity contribution in [3.8, 4) is 0 Å². The van der Waals surface area contributed by atoms with E-state index in [1.807, 2.05) is 74.2 Å². The van der Waals surface area contributed by atoms with Crippen LogP contribution in [0.4, 0.5) is 4.79 Å².